The summed E-state index contributed by atoms with van der Waals surface area (Å²) in [5, 5.41) is 11.2. The third-order valence-corrected chi connectivity index (χ3v) is 3.84. The summed E-state index contributed by atoms with van der Waals surface area (Å²) in [4.78, 5) is 24.2. The Morgan fingerprint density at radius 1 is 1.08 bits per heavy atom. The fourth-order valence-corrected chi connectivity index (χ4v) is 2.55. The number of para-hydroxylation sites is 1. The van der Waals surface area contributed by atoms with E-state index in [9.17, 15) is 9.59 Å². The van der Waals surface area contributed by atoms with Gasteiger partial charge in [0.1, 0.15) is 0 Å². The molecule has 0 bridgehead atoms. The number of nitrogens with zero attached hydrogens (tertiary/aromatic N) is 2. The zero-order valence-electron chi connectivity index (χ0n) is 13.5. The van der Waals surface area contributed by atoms with Gasteiger partial charge in [0.05, 0.1) is 17.6 Å². The lowest BCUT2D eigenvalue weighted by atomic mass is 10.1. The van der Waals surface area contributed by atoms with Crippen LogP contribution in [0.3, 0.4) is 0 Å². The molecule has 6 heteroatoms. The smallest absolute Gasteiger partial charge is 0.319 e. The van der Waals surface area contributed by atoms with Crippen molar-refractivity contribution in [3.8, 4) is 0 Å². The first kappa shape index (κ1) is 15.7. The number of hydrogen-bond donors (Lipinski definition) is 2. The van der Waals surface area contributed by atoms with E-state index in [4.69, 9.17) is 0 Å². The van der Waals surface area contributed by atoms with Crippen molar-refractivity contribution in [2.24, 2.45) is 7.05 Å². The number of aryl methyl sites for hydroxylation is 2. The molecule has 2 aromatic carbocycles. The first-order chi connectivity index (χ1) is 11.6. The quantitative estimate of drug-likeness (QED) is 0.778. The zero-order chi connectivity index (χ0) is 17.1. The summed E-state index contributed by atoms with van der Waals surface area (Å²) < 4.78 is 1.29. The summed E-state index contributed by atoms with van der Waals surface area (Å²) in [7, 11) is 1.60. The van der Waals surface area contributed by atoms with Crippen molar-refractivity contribution < 1.29 is 4.79 Å². The maximum atomic E-state index is 12.1. The highest BCUT2D eigenvalue weighted by atomic mass is 16.2. The number of amides is 2. The van der Waals surface area contributed by atoms with Crippen molar-refractivity contribution in [2.75, 3.05) is 5.32 Å². The van der Waals surface area contributed by atoms with Gasteiger partial charge < -0.3 is 10.6 Å². The maximum absolute atomic E-state index is 12.1. The van der Waals surface area contributed by atoms with Crippen molar-refractivity contribution in [1.82, 2.24) is 15.1 Å². The molecule has 0 aliphatic carbocycles. The van der Waals surface area contributed by atoms with Crippen LogP contribution in [0.1, 0.15) is 11.3 Å². The normalized spacial score (nSPS) is 10.6. The predicted octanol–water partition coefficient (Wildman–Crippen LogP) is 2.56. The van der Waals surface area contributed by atoms with E-state index in [1.54, 1.807) is 13.1 Å². The molecule has 2 N–H and O–H groups in total. The lowest BCUT2D eigenvalue weighted by Crippen LogP contribution is -2.30. The Balaban J connectivity index is 1.79. The van der Waals surface area contributed by atoms with Crippen LogP contribution < -0.4 is 16.2 Å². The Morgan fingerprint density at radius 2 is 1.75 bits per heavy atom. The second-order valence-corrected chi connectivity index (χ2v) is 5.54. The van der Waals surface area contributed by atoms with Crippen molar-refractivity contribution in [3.05, 3.63) is 70.1 Å². The molecular formula is C18H18N4O2. The maximum Gasteiger partial charge on any atom is 0.319 e. The molecule has 0 saturated heterocycles. The summed E-state index contributed by atoms with van der Waals surface area (Å²) in [5.41, 5.74) is 2.23. The van der Waals surface area contributed by atoms with Crippen LogP contribution in [-0.4, -0.2) is 15.8 Å². The molecule has 0 saturated carbocycles. The van der Waals surface area contributed by atoms with Crippen LogP contribution >= 0.6 is 0 Å². The second kappa shape index (κ2) is 6.54. The Labute approximate surface area is 139 Å². The molecule has 1 aromatic heterocycles. The van der Waals surface area contributed by atoms with E-state index < -0.39 is 0 Å². The number of rotatable bonds is 3. The molecule has 3 aromatic rings. The van der Waals surface area contributed by atoms with E-state index in [1.165, 1.54) is 4.68 Å². The fourth-order valence-electron chi connectivity index (χ4n) is 2.55. The minimum Gasteiger partial charge on any atom is -0.332 e. The SMILES string of the molecule is Cc1ccccc1NC(=O)NCc1nn(C)c(=O)c2ccccc12. The minimum atomic E-state index is -0.316. The summed E-state index contributed by atoms with van der Waals surface area (Å²) in [6.07, 6.45) is 0. The number of nitrogens with one attached hydrogen (secondary N) is 2. The third-order valence-electron chi connectivity index (χ3n) is 3.84. The summed E-state index contributed by atoms with van der Waals surface area (Å²) >= 11 is 0. The molecule has 0 aliphatic rings. The van der Waals surface area contributed by atoms with Gasteiger partial charge in [0.15, 0.2) is 0 Å². The van der Waals surface area contributed by atoms with Gasteiger partial charge in [0.25, 0.3) is 5.56 Å². The van der Waals surface area contributed by atoms with Crippen LogP contribution in [0.2, 0.25) is 0 Å². The Kier molecular flexibility index (Phi) is 4.29. The fraction of sp³-hybridized carbons (Fsp3) is 0.167. The number of hydrogen-bond acceptors (Lipinski definition) is 3. The van der Waals surface area contributed by atoms with Gasteiger partial charge in [-0.3, -0.25) is 4.79 Å². The van der Waals surface area contributed by atoms with Gasteiger partial charge in [-0.05, 0) is 24.6 Å². The number of benzene rings is 2. The molecule has 0 unspecified atom stereocenters. The van der Waals surface area contributed by atoms with Gasteiger partial charge >= 0.3 is 6.03 Å². The number of aromatic nitrogens is 2. The topological polar surface area (TPSA) is 76.0 Å². The van der Waals surface area contributed by atoms with Crippen molar-refractivity contribution in [2.45, 2.75) is 13.5 Å². The number of anilines is 1. The van der Waals surface area contributed by atoms with E-state index in [0.717, 1.165) is 16.6 Å². The van der Waals surface area contributed by atoms with Crippen LogP contribution in [0.15, 0.2) is 53.3 Å². The van der Waals surface area contributed by atoms with Crippen LogP contribution in [0.5, 0.6) is 0 Å². The zero-order valence-corrected chi connectivity index (χ0v) is 13.5. The molecular weight excluding hydrogens is 304 g/mol. The van der Waals surface area contributed by atoms with E-state index in [1.807, 2.05) is 49.4 Å². The molecule has 0 spiro atoms. The average molecular weight is 322 g/mol. The Morgan fingerprint density at radius 3 is 2.50 bits per heavy atom. The van der Waals surface area contributed by atoms with Gasteiger partial charge in [-0.15, -0.1) is 0 Å². The lowest BCUT2D eigenvalue weighted by molar-refractivity contribution is 0.251. The molecule has 24 heavy (non-hydrogen) atoms. The first-order valence-corrected chi connectivity index (χ1v) is 7.61. The van der Waals surface area contributed by atoms with Crippen LogP contribution in [0.25, 0.3) is 10.8 Å². The van der Waals surface area contributed by atoms with Gasteiger partial charge in [-0.2, -0.15) is 5.10 Å². The first-order valence-electron chi connectivity index (χ1n) is 7.61. The highest BCUT2D eigenvalue weighted by Gasteiger charge is 2.10. The highest BCUT2D eigenvalue weighted by molar-refractivity contribution is 5.90. The molecule has 0 radical (unpaired) electrons. The van der Waals surface area contributed by atoms with E-state index in [0.29, 0.717) is 11.1 Å². The van der Waals surface area contributed by atoms with Crippen molar-refractivity contribution in [3.63, 3.8) is 0 Å². The summed E-state index contributed by atoms with van der Waals surface area (Å²) in [6, 6.07) is 14.5. The van der Waals surface area contributed by atoms with Gasteiger partial charge in [0, 0.05) is 18.1 Å². The van der Waals surface area contributed by atoms with Gasteiger partial charge in [-0.1, -0.05) is 36.4 Å². The van der Waals surface area contributed by atoms with E-state index >= 15 is 0 Å². The molecule has 122 valence electrons. The Hall–Kier alpha value is -3.15. The van der Waals surface area contributed by atoms with E-state index in [-0.39, 0.29) is 18.1 Å². The number of carbonyl (C=O) groups is 1. The van der Waals surface area contributed by atoms with Gasteiger partial charge in [-0.25, -0.2) is 9.48 Å². The van der Waals surface area contributed by atoms with E-state index in [2.05, 4.69) is 15.7 Å². The number of fused-ring (bicyclic) bond motifs is 1. The predicted molar refractivity (Wildman–Crippen MR) is 94.0 cm³/mol. The molecule has 0 aliphatic heterocycles. The average Bonchev–Trinajstić information content (AvgIpc) is 2.59. The second-order valence-electron chi connectivity index (χ2n) is 5.54. The lowest BCUT2D eigenvalue weighted by Gasteiger charge is -2.11. The molecule has 1 heterocycles. The summed E-state index contributed by atoms with van der Waals surface area (Å²) in [6.45, 7) is 2.16. The molecule has 2 amide bonds. The van der Waals surface area contributed by atoms with Crippen molar-refractivity contribution >= 4 is 22.5 Å². The minimum absolute atomic E-state index is 0.154. The number of urea groups is 1. The number of carbonyl (C=O) groups excluding carboxylic acids is 1. The van der Waals surface area contributed by atoms with Crippen LogP contribution in [0.4, 0.5) is 10.5 Å². The monoisotopic (exact) mass is 322 g/mol. The summed E-state index contributed by atoms with van der Waals surface area (Å²) in [5.74, 6) is 0. The Bertz CT molecular complexity index is 963. The highest BCUT2D eigenvalue weighted by Crippen LogP contribution is 2.14. The largest absolute Gasteiger partial charge is 0.332 e. The molecule has 3 rings (SSSR count). The van der Waals surface area contributed by atoms with Crippen LogP contribution in [0, 0.1) is 6.92 Å². The van der Waals surface area contributed by atoms with Gasteiger partial charge in [0.2, 0.25) is 0 Å². The molecule has 0 atom stereocenters. The van der Waals surface area contributed by atoms with Crippen LogP contribution in [-0.2, 0) is 13.6 Å². The third kappa shape index (κ3) is 3.12. The molecule has 6 nitrogen and oxygen atoms in total. The molecule has 0 fully saturated rings. The standard InChI is InChI=1S/C18H18N4O2/c1-12-7-3-6-10-15(12)20-18(24)19-11-16-13-8-4-5-9-14(13)17(23)22(2)21-16/h3-10H,11H2,1-2H3,(H2,19,20,24). The van der Waals surface area contributed by atoms with Crippen molar-refractivity contribution in [1.29, 1.82) is 0 Å².